The molecule has 17 heavy (non-hydrogen) atoms. The van der Waals surface area contributed by atoms with E-state index in [0.29, 0.717) is 0 Å². The number of aryl methyl sites for hydroxylation is 2. The number of hydrogen-bond acceptors (Lipinski definition) is 2. The van der Waals surface area contributed by atoms with Crippen LogP contribution in [0, 0.1) is 13.8 Å². The normalized spacial score (nSPS) is 17.8. The molecule has 1 aliphatic rings. The number of benzene rings is 1. The molecule has 0 amide bonds. The second kappa shape index (κ2) is 4.19. The van der Waals surface area contributed by atoms with E-state index in [-0.39, 0.29) is 0 Å². The maximum Gasteiger partial charge on any atom is 0.134 e. The summed E-state index contributed by atoms with van der Waals surface area (Å²) in [5.74, 6) is 1.76. The van der Waals surface area contributed by atoms with Crippen LogP contribution in [-0.2, 0) is 0 Å². The van der Waals surface area contributed by atoms with Crippen LogP contribution in [0.4, 0.5) is 0 Å². The minimum Gasteiger partial charge on any atom is -0.461 e. The molecule has 1 saturated heterocycles. The van der Waals surface area contributed by atoms with Crippen LogP contribution in [0.2, 0.25) is 0 Å². The maximum absolute atomic E-state index is 5.73. The van der Waals surface area contributed by atoms with Crippen LogP contribution in [0.5, 0.6) is 0 Å². The third kappa shape index (κ3) is 1.87. The van der Waals surface area contributed by atoms with E-state index in [1.165, 1.54) is 29.4 Å². The van der Waals surface area contributed by atoms with Gasteiger partial charge < -0.3 is 9.73 Å². The van der Waals surface area contributed by atoms with Crippen LogP contribution in [0.3, 0.4) is 0 Å². The third-order valence-electron chi connectivity index (χ3n) is 4.01. The van der Waals surface area contributed by atoms with Crippen LogP contribution in [0.15, 0.2) is 22.6 Å². The Morgan fingerprint density at radius 2 is 1.94 bits per heavy atom. The Bertz CT molecular complexity index is 535. The van der Waals surface area contributed by atoms with Crippen molar-refractivity contribution in [3.8, 4) is 0 Å². The third-order valence-corrected chi connectivity index (χ3v) is 4.01. The molecule has 0 unspecified atom stereocenters. The Balaban J connectivity index is 2.02. The number of rotatable bonds is 1. The highest BCUT2D eigenvalue weighted by Gasteiger charge is 2.16. The molecular weight excluding hydrogens is 210 g/mol. The van der Waals surface area contributed by atoms with Gasteiger partial charge in [-0.25, -0.2) is 0 Å². The largest absolute Gasteiger partial charge is 0.461 e. The van der Waals surface area contributed by atoms with Crippen molar-refractivity contribution in [2.45, 2.75) is 32.6 Å². The van der Waals surface area contributed by atoms with Gasteiger partial charge in [-0.3, -0.25) is 0 Å². The molecule has 1 aromatic heterocycles. The summed E-state index contributed by atoms with van der Waals surface area (Å²) in [6.45, 7) is 6.48. The zero-order valence-electron chi connectivity index (χ0n) is 10.5. The van der Waals surface area contributed by atoms with Crippen molar-refractivity contribution >= 4 is 11.0 Å². The van der Waals surface area contributed by atoms with Gasteiger partial charge in [0.1, 0.15) is 11.3 Å². The van der Waals surface area contributed by atoms with Crippen molar-refractivity contribution in [1.29, 1.82) is 0 Å². The summed E-state index contributed by atoms with van der Waals surface area (Å²) in [5.41, 5.74) is 3.79. The Labute approximate surface area is 102 Å². The number of furan rings is 1. The molecule has 0 atom stereocenters. The summed E-state index contributed by atoms with van der Waals surface area (Å²) in [5, 5.41) is 4.71. The second-order valence-electron chi connectivity index (χ2n) is 5.06. The van der Waals surface area contributed by atoms with Crippen LogP contribution in [0.25, 0.3) is 11.0 Å². The molecule has 1 N–H and O–H groups in total. The molecule has 2 nitrogen and oxygen atoms in total. The van der Waals surface area contributed by atoms with E-state index in [2.05, 4.69) is 30.4 Å². The van der Waals surface area contributed by atoms with Crippen LogP contribution >= 0.6 is 0 Å². The zero-order chi connectivity index (χ0) is 11.8. The molecule has 2 aromatic rings. The standard InChI is InChI=1S/C15H19NO/c1-10-11(2)17-15-4-3-13(9-14(10)15)12-5-7-16-8-6-12/h3-4,9,12,16H,5-8H2,1-2H3. The van der Waals surface area contributed by atoms with Crippen LogP contribution in [-0.4, -0.2) is 13.1 Å². The molecule has 1 aromatic carbocycles. The van der Waals surface area contributed by atoms with Crippen molar-refractivity contribution in [2.24, 2.45) is 0 Å². The number of hydrogen-bond donors (Lipinski definition) is 1. The number of fused-ring (bicyclic) bond motifs is 1. The fourth-order valence-corrected chi connectivity index (χ4v) is 2.77. The Morgan fingerprint density at radius 1 is 1.18 bits per heavy atom. The van der Waals surface area contributed by atoms with E-state index in [1.54, 1.807) is 0 Å². The highest BCUT2D eigenvalue weighted by molar-refractivity contribution is 5.82. The molecule has 1 aliphatic heterocycles. The SMILES string of the molecule is Cc1oc2ccc(C3CCNCC3)cc2c1C. The topological polar surface area (TPSA) is 25.2 Å². The molecular formula is C15H19NO. The van der Waals surface area contributed by atoms with Crippen molar-refractivity contribution in [3.63, 3.8) is 0 Å². The van der Waals surface area contributed by atoms with Crippen LogP contribution < -0.4 is 5.32 Å². The van der Waals surface area contributed by atoms with Gasteiger partial charge in [0.05, 0.1) is 0 Å². The van der Waals surface area contributed by atoms with Gasteiger partial charge in [-0.2, -0.15) is 0 Å². The monoisotopic (exact) mass is 229 g/mol. The van der Waals surface area contributed by atoms with Gasteiger partial charge in [0, 0.05) is 5.39 Å². The Kier molecular flexibility index (Phi) is 2.67. The lowest BCUT2D eigenvalue weighted by Gasteiger charge is -2.22. The van der Waals surface area contributed by atoms with Gasteiger partial charge in [0.25, 0.3) is 0 Å². The fraction of sp³-hybridized carbons (Fsp3) is 0.467. The molecule has 0 spiro atoms. The Morgan fingerprint density at radius 3 is 2.71 bits per heavy atom. The molecule has 0 bridgehead atoms. The van der Waals surface area contributed by atoms with Gasteiger partial charge in [-0.1, -0.05) is 6.07 Å². The van der Waals surface area contributed by atoms with E-state index >= 15 is 0 Å². The summed E-state index contributed by atoms with van der Waals surface area (Å²) in [6.07, 6.45) is 2.50. The summed E-state index contributed by atoms with van der Waals surface area (Å²) in [7, 11) is 0. The minimum absolute atomic E-state index is 0.718. The van der Waals surface area contributed by atoms with Crippen molar-refractivity contribution in [2.75, 3.05) is 13.1 Å². The van der Waals surface area contributed by atoms with Crippen molar-refractivity contribution < 1.29 is 4.42 Å². The molecule has 0 aliphatic carbocycles. The summed E-state index contributed by atoms with van der Waals surface area (Å²) in [4.78, 5) is 0. The molecule has 90 valence electrons. The first-order valence-corrected chi connectivity index (χ1v) is 6.46. The van der Waals surface area contributed by atoms with Gasteiger partial charge in [-0.05, 0) is 69.0 Å². The predicted molar refractivity (Wildman–Crippen MR) is 70.5 cm³/mol. The van der Waals surface area contributed by atoms with Crippen molar-refractivity contribution in [1.82, 2.24) is 5.32 Å². The van der Waals surface area contributed by atoms with Gasteiger partial charge in [-0.15, -0.1) is 0 Å². The quantitative estimate of drug-likeness (QED) is 0.809. The average Bonchev–Trinajstić information content (AvgIpc) is 2.66. The fourth-order valence-electron chi connectivity index (χ4n) is 2.77. The van der Waals surface area contributed by atoms with Crippen LogP contribution in [0.1, 0.15) is 35.6 Å². The van der Waals surface area contributed by atoms with E-state index in [1.807, 2.05) is 6.92 Å². The lowest BCUT2D eigenvalue weighted by Crippen LogP contribution is -2.26. The van der Waals surface area contributed by atoms with E-state index in [9.17, 15) is 0 Å². The average molecular weight is 229 g/mol. The molecule has 3 rings (SSSR count). The molecule has 1 fully saturated rings. The predicted octanol–water partition coefficient (Wildman–Crippen LogP) is 3.52. The van der Waals surface area contributed by atoms with Gasteiger partial charge in [0.2, 0.25) is 0 Å². The molecule has 0 radical (unpaired) electrons. The Hall–Kier alpha value is -1.28. The maximum atomic E-state index is 5.73. The molecule has 2 heterocycles. The lowest BCUT2D eigenvalue weighted by molar-refractivity contribution is 0.460. The molecule has 2 heteroatoms. The van der Waals surface area contributed by atoms with E-state index in [0.717, 1.165) is 30.4 Å². The minimum atomic E-state index is 0.718. The second-order valence-corrected chi connectivity index (χ2v) is 5.06. The first kappa shape index (κ1) is 10.8. The van der Waals surface area contributed by atoms with Gasteiger partial charge >= 0.3 is 0 Å². The summed E-state index contributed by atoms with van der Waals surface area (Å²) < 4.78 is 5.73. The van der Waals surface area contributed by atoms with Gasteiger partial charge in [0.15, 0.2) is 0 Å². The highest BCUT2D eigenvalue weighted by atomic mass is 16.3. The number of piperidine rings is 1. The smallest absolute Gasteiger partial charge is 0.134 e. The number of nitrogens with one attached hydrogen (secondary N) is 1. The first-order chi connectivity index (χ1) is 8.25. The molecule has 0 saturated carbocycles. The van der Waals surface area contributed by atoms with E-state index < -0.39 is 0 Å². The van der Waals surface area contributed by atoms with Crippen molar-refractivity contribution in [3.05, 3.63) is 35.1 Å². The first-order valence-electron chi connectivity index (χ1n) is 6.46. The zero-order valence-corrected chi connectivity index (χ0v) is 10.5. The summed E-state index contributed by atoms with van der Waals surface area (Å²) >= 11 is 0. The summed E-state index contributed by atoms with van der Waals surface area (Å²) in [6, 6.07) is 6.70. The van der Waals surface area contributed by atoms with E-state index in [4.69, 9.17) is 4.42 Å². The lowest BCUT2D eigenvalue weighted by atomic mass is 9.89. The highest BCUT2D eigenvalue weighted by Crippen LogP contribution is 2.31.